The number of halogens is 4. The summed E-state index contributed by atoms with van der Waals surface area (Å²) in [5.41, 5.74) is -0.953. The summed E-state index contributed by atoms with van der Waals surface area (Å²) in [5, 5.41) is 2.08. The summed E-state index contributed by atoms with van der Waals surface area (Å²) in [6.45, 7) is 5.27. The van der Waals surface area contributed by atoms with E-state index in [4.69, 9.17) is 11.6 Å². The summed E-state index contributed by atoms with van der Waals surface area (Å²) in [5.74, 6) is -0.427. The van der Waals surface area contributed by atoms with Crippen molar-refractivity contribution in [1.82, 2.24) is 9.80 Å². The van der Waals surface area contributed by atoms with Gasteiger partial charge in [0.15, 0.2) is 0 Å². The van der Waals surface area contributed by atoms with Crippen LogP contribution in [0.3, 0.4) is 0 Å². The van der Waals surface area contributed by atoms with E-state index in [0.29, 0.717) is 26.2 Å². The number of alkyl halides is 3. The molecule has 1 N–H and O–H groups in total. The van der Waals surface area contributed by atoms with E-state index in [1.54, 1.807) is 11.8 Å². The third kappa shape index (κ3) is 4.85. The second kappa shape index (κ2) is 7.61. The van der Waals surface area contributed by atoms with E-state index in [0.717, 1.165) is 12.1 Å². The van der Waals surface area contributed by atoms with E-state index < -0.39 is 28.7 Å². The van der Waals surface area contributed by atoms with Crippen molar-refractivity contribution < 1.29 is 22.8 Å². The van der Waals surface area contributed by atoms with Crippen LogP contribution < -0.4 is 5.32 Å². The molecule has 138 valence electrons. The zero-order valence-corrected chi connectivity index (χ0v) is 14.6. The van der Waals surface area contributed by atoms with Gasteiger partial charge in [0.25, 0.3) is 0 Å². The fourth-order valence-electron chi connectivity index (χ4n) is 2.66. The Morgan fingerprint density at radius 1 is 1.20 bits per heavy atom. The lowest BCUT2D eigenvalue weighted by molar-refractivity contribution is -0.137. The molecule has 1 fully saturated rings. The predicted octanol–water partition coefficient (Wildman–Crippen LogP) is 2.85. The molecule has 5 nitrogen and oxygen atoms in total. The molecule has 0 radical (unpaired) electrons. The molecule has 1 heterocycles. The summed E-state index contributed by atoms with van der Waals surface area (Å²) < 4.78 is 38.6. The highest BCUT2D eigenvalue weighted by Gasteiger charge is 2.34. The molecule has 2 amide bonds. The van der Waals surface area contributed by atoms with Gasteiger partial charge in [-0.2, -0.15) is 13.2 Å². The highest BCUT2D eigenvalue weighted by Crippen LogP contribution is 2.36. The first-order chi connectivity index (χ1) is 11.6. The third-order valence-electron chi connectivity index (χ3n) is 4.23. The Bertz CT molecular complexity index is 659. The number of rotatable bonds is 3. The lowest BCUT2D eigenvalue weighted by Gasteiger charge is -2.37. The Morgan fingerprint density at radius 2 is 1.80 bits per heavy atom. The number of nitrogens with one attached hydrogen (secondary N) is 1. The second-order valence-corrected chi connectivity index (χ2v) is 6.31. The molecular weight excluding hydrogens is 359 g/mol. The van der Waals surface area contributed by atoms with Crippen molar-refractivity contribution in [2.75, 3.05) is 31.5 Å². The van der Waals surface area contributed by atoms with Gasteiger partial charge in [-0.05, 0) is 25.1 Å². The lowest BCUT2D eigenvalue weighted by atomic mass is 10.1. The van der Waals surface area contributed by atoms with Crippen LogP contribution >= 0.6 is 11.6 Å². The molecule has 2 rings (SSSR count). The van der Waals surface area contributed by atoms with Crippen LogP contribution in [0.5, 0.6) is 0 Å². The number of piperazine rings is 1. The van der Waals surface area contributed by atoms with Crippen molar-refractivity contribution in [2.45, 2.75) is 26.1 Å². The third-order valence-corrected chi connectivity index (χ3v) is 4.56. The topological polar surface area (TPSA) is 52.7 Å². The Labute approximate surface area is 148 Å². The molecular formula is C16H19ClF3N3O2. The molecule has 25 heavy (non-hydrogen) atoms. The average molecular weight is 378 g/mol. The fraction of sp³-hybridized carbons (Fsp3) is 0.500. The Morgan fingerprint density at radius 3 is 2.32 bits per heavy atom. The molecule has 0 bridgehead atoms. The molecule has 0 aliphatic carbocycles. The minimum atomic E-state index is -4.59. The maximum Gasteiger partial charge on any atom is 0.417 e. The minimum absolute atomic E-state index is 0.0161. The first kappa shape index (κ1) is 19.5. The van der Waals surface area contributed by atoms with E-state index in [-0.39, 0.29) is 11.6 Å². The number of amides is 2. The fourth-order valence-corrected chi connectivity index (χ4v) is 2.88. The molecule has 1 aliphatic rings. The molecule has 0 spiro atoms. The van der Waals surface area contributed by atoms with Crippen LogP contribution in [0.4, 0.5) is 18.9 Å². The van der Waals surface area contributed by atoms with Crippen molar-refractivity contribution in [3.63, 3.8) is 0 Å². The van der Waals surface area contributed by atoms with Crippen LogP contribution in [0, 0.1) is 0 Å². The van der Waals surface area contributed by atoms with Gasteiger partial charge >= 0.3 is 6.18 Å². The van der Waals surface area contributed by atoms with Crippen molar-refractivity contribution in [3.8, 4) is 0 Å². The normalized spacial score (nSPS) is 17.3. The Kier molecular flexibility index (Phi) is 5.95. The van der Waals surface area contributed by atoms with Crippen molar-refractivity contribution >= 4 is 29.1 Å². The van der Waals surface area contributed by atoms with Gasteiger partial charge in [0.2, 0.25) is 11.8 Å². The maximum absolute atomic E-state index is 12.9. The largest absolute Gasteiger partial charge is 0.417 e. The predicted molar refractivity (Wildman–Crippen MR) is 88.4 cm³/mol. The van der Waals surface area contributed by atoms with E-state index in [1.807, 2.05) is 4.90 Å². The Hall–Kier alpha value is -1.80. The molecule has 9 heteroatoms. The molecule has 0 aromatic heterocycles. The van der Waals surface area contributed by atoms with Gasteiger partial charge in [-0.3, -0.25) is 14.5 Å². The number of nitrogens with zero attached hydrogens (tertiary/aromatic N) is 2. The highest BCUT2D eigenvalue weighted by molar-refractivity contribution is 6.31. The van der Waals surface area contributed by atoms with Gasteiger partial charge in [0.1, 0.15) is 0 Å². The molecule has 1 saturated heterocycles. The maximum atomic E-state index is 12.9. The number of hydrogen-bond acceptors (Lipinski definition) is 3. The van der Waals surface area contributed by atoms with Crippen LogP contribution in [0.2, 0.25) is 5.02 Å². The molecule has 0 saturated carbocycles. The minimum Gasteiger partial charge on any atom is -0.340 e. The summed E-state index contributed by atoms with van der Waals surface area (Å²) in [7, 11) is 0. The quantitative estimate of drug-likeness (QED) is 0.881. The smallest absolute Gasteiger partial charge is 0.340 e. The van der Waals surface area contributed by atoms with E-state index >= 15 is 0 Å². The van der Waals surface area contributed by atoms with Gasteiger partial charge in [-0.1, -0.05) is 11.6 Å². The lowest BCUT2D eigenvalue weighted by Crippen LogP contribution is -2.53. The first-order valence-electron chi connectivity index (χ1n) is 7.76. The summed E-state index contributed by atoms with van der Waals surface area (Å²) >= 11 is 5.57. The van der Waals surface area contributed by atoms with Crippen LogP contribution in [0.25, 0.3) is 0 Å². The average Bonchev–Trinajstić information content (AvgIpc) is 2.55. The van der Waals surface area contributed by atoms with Crippen LogP contribution in [0.15, 0.2) is 18.2 Å². The summed E-state index contributed by atoms with van der Waals surface area (Å²) in [6, 6.07) is 2.73. The van der Waals surface area contributed by atoms with E-state index in [1.165, 1.54) is 13.0 Å². The zero-order chi connectivity index (χ0) is 18.8. The van der Waals surface area contributed by atoms with Gasteiger partial charge in [-0.15, -0.1) is 0 Å². The Balaban J connectivity index is 2.01. The van der Waals surface area contributed by atoms with Gasteiger partial charge < -0.3 is 10.2 Å². The molecule has 1 unspecified atom stereocenters. The van der Waals surface area contributed by atoms with Crippen LogP contribution in [0.1, 0.15) is 19.4 Å². The number of hydrogen-bond donors (Lipinski definition) is 1. The monoisotopic (exact) mass is 377 g/mol. The zero-order valence-electron chi connectivity index (χ0n) is 13.9. The highest BCUT2D eigenvalue weighted by atomic mass is 35.5. The summed E-state index contributed by atoms with van der Waals surface area (Å²) in [6.07, 6.45) is -4.59. The SMILES string of the molecule is CC(=O)N1CCN(C(C)C(=O)Nc2ccc(Cl)c(C(F)(F)F)c2)CC1. The molecule has 1 atom stereocenters. The van der Waals surface area contributed by atoms with E-state index in [2.05, 4.69) is 5.32 Å². The van der Waals surface area contributed by atoms with Crippen LogP contribution in [-0.2, 0) is 15.8 Å². The van der Waals surface area contributed by atoms with Gasteiger partial charge in [0.05, 0.1) is 16.6 Å². The standard InChI is InChI=1S/C16H19ClF3N3O2/c1-10(22-5-7-23(8-6-22)11(2)24)15(25)21-12-3-4-14(17)13(9-12)16(18,19)20/h3-4,9-10H,5-8H2,1-2H3,(H,21,25). The summed E-state index contributed by atoms with van der Waals surface area (Å²) in [4.78, 5) is 27.2. The van der Waals surface area contributed by atoms with E-state index in [9.17, 15) is 22.8 Å². The van der Waals surface area contributed by atoms with Crippen LogP contribution in [-0.4, -0.2) is 53.8 Å². The number of carbonyl (C=O) groups excluding carboxylic acids is 2. The molecule has 1 aromatic rings. The van der Waals surface area contributed by atoms with Gasteiger partial charge in [0, 0.05) is 38.8 Å². The van der Waals surface area contributed by atoms with Crippen molar-refractivity contribution in [2.24, 2.45) is 0 Å². The van der Waals surface area contributed by atoms with Crippen molar-refractivity contribution in [3.05, 3.63) is 28.8 Å². The number of anilines is 1. The number of benzene rings is 1. The molecule has 1 aromatic carbocycles. The first-order valence-corrected chi connectivity index (χ1v) is 8.14. The van der Waals surface area contributed by atoms with Crippen molar-refractivity contribution in [1.29, 1.82) is 0 Å². The second-order valence-electron chi connectivity index (χ2n) is 5.90. The van der Waals surface area contributed by atoms with Gasteiger partial charge in [-0.25, -0.2) is 0 Å². The molecule has 1 aliphatic heterocycles. The number of carbonyl (C=O) groups is 2.